The average Bonchev–Trinajstić information content (AvgIpc) is 2.95. The Kier molecular flexibility index (Phi) is 4.55. The number of pyridine rings is 1. The molecule has 0 bridgehead atoms. The number of benzene rings is 2. The number of anilines is 1. The minimum absolute atomic E-state index is 0.173. The molecule has 2 heterocycles. The van der Waals surface area contributed by atoms with Gasteiger partial charge in [0.15, 0.2) is 0 Å². The van der Waals surface area contributed by atoms with Gasteiger partial charge in [0.1, 0.15) is 11.4 Å². The summed E-state index contributed by atoms with van der Waals surface area (Å²) in [6.45, 7) is 3.95. The highest BCUT2D eigenvalue weighted by atomic mass is 35.5. The highest BCUT2D eigenvalue weighted by Gasteiger charge is 2.40. The third-order valence-corrected chi connectivity index (χ3v) is 5.48. The second-order valence-corrected chi connectivity index (χ2v) is 7.04. The molecule has 4 rings (SSSR count). The summed E-state index contributed by atoms with van der Waals surface area (Å²) in [5.74, 6) is -0.118. The molecular weight excluding hydrogens is 376 g/mol. The number of nitrogens with zero attached hydrogens (tertiary/aromatic N) is 2. The molecule has 1 aromatic heterocycles. The number of amides is 2. The van der Waals surface area contributed by atoms with Crippen LogP contribution in [0.4, 0.5) is 5.69 Å². The minimum atomic E-state index is -0.413. The van der Waals surface area contributed by atoms with Gasteiger partial charge in [-0.3, -0.25) is 9.59 Å². The van der Waals surface area contributed by atoms with Crippen molar-refractivity contribution in [2.45, 2.75) is 26.7 Å². The van der Waals surface area contributed by atoms with Crippen LogP contribution in [0.3, 0.4) is 0 Å². The molecular formula is C22H19ClN2O3. The van der Waals surface area contributed by atoms with Crippen LogP contribution in [0.25, 0.3) is 10.9 Å². The first-order valence-electron chi connectivity index (χ1n) is 9.18. The molecule has 28 heavy (non-hydrogen) atoms. The van der Waals surface area contributed by atoms with Gasteiger partial charge in [0.2, 0.25) is 0 Å². The van der Waals surface area contributed by atoms with Crippen molar-refractivity contribution in [3.05, 3.63) is 63.8 Å². The summed E-state index contributed by atoms with van der Waals surface area (Å²) in [5, 5.41) is 1.30. The third-order valence-electron chi connectivity index (χ3n) is 5.13. The van der Waals surface area contributed by atoms with Gasteiger partial charge in [0, 0.05) is 10.4 Å². The second-order valence-electron chi connectivity index (χ2n) is 6.63. The Morgan fingerprint density at radius 2 is 1.82 bits per heavy atom. The largest absolute Gasteiger partial charge is 0.497 e. The Hall–Kier alpha value is -2.92. The van der Waals surface area contributed by atoms with E-state index in [1.165, 1.54) is 4.90 Å². The summed E-state index contributed by atoms with van der Waals surface area (Å²) in [6.07, 6.45) is 1.29. The van der Waals surface area contributed by atoms with Crippen LogP contribution >= 0.6 is 11.6 Å². The lowest BCUT2D eigenvalue weighted by Gasteiger charge is -2.22. The van der Waals surface area contributed by atoms with E-state index in [1.807, 2.05) is 26.0 Å². The topological polar surface area (TPSA) is 59.5 Å². The Balaban J connectivity index is 1.92. The predicted molar refractivity (Wildman–Crippen MR) is 110 cm³/mol. The summed E-state index contributed by atoms with van der Waals surface area (Å²) in [4.78, 5) is 32.1. The van der Waals surface area contributed by atoms with Crippen molar-refractivity contribution in [3.8, 4) is 5.75 Å². The fourth-order valence-electron chi connectivity index (χ4n) is 3.69. The first-order chi connectivity index (χ1) is 13.5. The van der Waals surface area contributed by atoms with E-state index in [4.69, 9.17) is 16.3 Å². The highest BCUT2D eigenvalue weighted by molar-refractivity contribution is 6.36. The van der Waals surface area contributed by atoms with Gasteiger partial charge in [-0.05, 0) is 54.3 Å². The first-order valence-corrected chi connectivity index (χ1v) is 9.55. The number of fused-ring (bicyclic) bond motifs is 2. The SMILES string of the molecule is CCc1ccc(Cl)c(CC)c1N1C(=O)c2cc3cc(OC)ccc3nc2C1=O. The predicted octanol–water partition coefficient (Wildman–Crippen LogP) is 4.82. The molecule has 2 amide bonds. The average molecular weight is 395 g/mol. The number of aryl methyl sites for hydroxylation is 1. The summed E-state index contributed by atoms with van der Waals surface area (Å²) in [7, 11) is 1.58. The molecule has 0 radical (unpaired) electrons. The van der Waals surface area contributed by atoms with Crippen molar-refractivity contribution in [2.75, 3.05) is 12.0 Å². The van der Waals surface area contributed by atoms with Crippen LogP contribution in [0, 0.1) is 0 Å². The lowest BCUT2D eigenvalue weighted by atomic mass is 10.0. The Morgan fingerprint density at radius 3 is 2.50 bits per heavy atom. The Labute approximate surface area is 167 Å². The van der Waals surface area contributed by atoms with Crippen molar-refractivity contribution in [1.29, 1.82) is 0 Å². The molecule has 3 aromatic rings. The normalized spacial score (nSPS) is 13.4. The molecule has 0 saturated carbocycles. The van der Waals surface area contributed by atoms with Crippen LogP contribution in [0.1, 0.15) is 45.8 Å². The van der Waals surface area contributed by atoms with Gasteiger partial charge < -0.3 is 4.74 Å². The quantitative estimate of drug-likeness (QED) is 0.595. The first kappa shape index (κ1) is 18.4. The van der Waals surface area contributed by atoms with E-state index in [2.05, 4.69) is 4.98 Å². The molecule has 0 unspecified atom stereocenters. The lowest BCUT2D eigenvalue weighted by Crippen LogP contribution is -2.31. The van der Waals surface area contributed by atoms with Crippen LogP contribution in [0.5, 0.6) is 5.75 Å². The molecule has 1 aliphatic rings. The zero-order chi connectivity index (χ0) is 20.0. The third kappa shape index (κ3) is 2.66. The number of rotatable bonds is 4. The maximum Gasteiger partial charge on any atom is 0.284 e. The van der Waals surface area contributed by atoms with Crippen molar-refractivity contribution in [2.24, 2.45) is 0 Å². The van der Waals surface area contributed by atoms with Crippen LogP contribution in [0.2, 0.25) is 5.02 Å². The number of hydrogen-bond donors (Lipinski definition) is 0. The molecule has 5 nitrogen and oxygen atoms in total. The number of carbonyl (C=O) groups excluding carboxylic acids is 2. The second kappa shape index (κ2) is 6.91. The Morgan fingerprint density at radius 1 is 1.04 bits per heavy atom. The molecule has 142 valence electrons. The van der Waals surface area contributed by atoms with Crippen molar-refractivity contribution in [1.82, 2.24) is 4.98 Å². The van der Waals surface area contributed by atoms with E-state index in [-0.39, 0.29) is 11.6 Å². The van der Waals surface area contributed by atoms with Crippen molar-refractivity contribution < 1.29 is 14.3 Å². The fourth-order valence-corrected chi connectivity index (χ4v) is 3.98. The molecule has 6 heteroatoms. The van der Waals surface area contributed by atoms with Crippen LogP contribution < -0.4 is 9.64 Å². The smallest absolute Gasteiger partial charge is 0.284 e. The molecule has 0 atom stereocenters. The van der Waals surface area contributed by atoms with Gasteiger partial charge >= 0.3 is 0 Å². The number of carbonyl (C=O) groups is 2. The molecule has 1 aliphatic heterocycles. The number of halogens is 1. The van der Waals surface area contributed by atoms with E-state index in [0.717, 1.165) is 16.5 Å². The summed E-state index contributed by atoms with van der Waals surface area (Å²) >= 11 is 6.38. The van der Waals surface area contributed by atoms with Crippen LogP contribution in [-0.4, -0.2) is 23.9 Å². The summed E-state index contributed by atoms with van der Waals surface area (Å²) < 4.78 is 5.25. The van der Waals surface area contributed by atoms with Gasteiger partial charge in [-0.25, -0.2) is 9.88 Å². The fraction of sp³-hybridized carbons (Fsp3) is 0.227. The van der Waals surface area contributed by atoms with Gasteiger partial charge in [-0.2, -0.15) is 0 Å². The van der Waals surface area contributed by atoms with Crippen molar-refractivity contribution in [3.63, 3.8) is 0 Å². The van der Waals surface area contributed by atoms with Crippen molar-refractivity contribution >= 4 is 40.0 Å². The van der Waals surface area contributed by atoms with E-state index in [9.17, 15) is 9.59 Å². The van der Waals surface area contributed by atoms with E-state index < -0.39 is 5.91 Å². The van der Waals surface area contributed by atoms with Gasteiger partial charge in [0.25, 0.3) is 11.8 Å². The van der Waals surface area contributed by atoms with Crippen LogP contribution in [-0.2, 0) is 12.8 Å². The molecule has 2 aromatic carbocycles. The van der Waals surface area contributed by atoms with Gasteiger partial charge in [-0.15, -0.1) is 0 Å². The molecule has 0 saturated heterocycles. The van der Waals surface area contributed by atoms with E-state index in [0.29, 0.717) is 40.4 Å². The molecule has 0 N–H and O–H groups in total. The maximum atomic E-state index is 13.2. The zero-order valence-corrected chi connectivity index (χ0v) is 16.6. The maximum absolute atomic E-state index is 13.2. The Bertz CT molecular complexity index is 1140. The van der Waals surface area contributed by atoms with Gasteiger partial charge in [0.05, 0.1) is 23.9 Å². The number of hydrogen-bond acceptors (Lipinski definition) is 4. The lowest BCUT2D eigenvalue weighted by molar-refractivity contribution is 0.0924. The summed E-state index contributed by atoms with van der Waals surface area (Å²) in [5.41, 5.74) is 3.40. The number of ether oxygens (including phenoxy) is 1. The number of aromatic nitrogens is 1. The highest BCUT2D eigenvalue weighted by Crippen LogP contribution is 2.38. The molecule has 0 aliphatic carbocycles. The minimum Gasteiger partial charge on any atom is -0.497 e. The molecule has 0 fully saturated rings. The van der Waals surface area contributed by atoms with E-state index >= 15 is 0 Å². The van der Waals surface area contributed by atoms with Crippen LogP contribution in [0.15, 0.2) is 36.4 Å². The zero-order valence-electron chi connectivity index (χ0n) is 15.9. The monoisotopic (exact) mass is 394 g/mol. The number of methoxy groups -OCH3 is 1. The molecule has 0 spiro atoms. The summed E-state index contributed by atoms with van der Waals surface area (Å²) in [6, 6.07) is 10.8. The van der Waals surface area contributed by atoms with E-state index in [1.54, 1.807) is 31.4 Å². The van der Waals surface area contributed by atoms with Gasteiger partial charge in [-0.1, -0.05) is 31.5 Å². The standard InChI is InChI=1S/C22H19ClN2O3/c1-4-12-6-8-17(23)15(5-2)20(12)25-21(26)16-11-13-10-14(28-3)7-9-18(13)24-19(16)22(25)27/h6-11H,4-5H2,1-3H3. The number of imide groups is 1.